The highest BCUT2D eigenvalue weighted by atomic mass is 79.9. The molecule has 0 aliphatic carbocycles. The minimum Gasteiger partial charge on any atom is -0.352 e. The van der Waals surface area contributed by atoms with Gasteiger partial charge in [0.1, 0.15) is 0 Å². The Labute approximate surface area is 135 Å². The quantitative estimate of drug-likeness (QED) is 0.806. The van der Waals surface area contributed by atoms with Crippen LogP contribution in [0.25, 0.3) is 0 Å². The standard InChI is InChI=1S/C12H14Br2N2O3S/c1-8(17)15-10-4-5-16(7-10)20(18,19)12-6-9(13)2-3-11(12)14/h2-3,6,10H,4-5,7H2,1H3,(H,15,17). The number of amides is 1. The van der Waals surface area contributed by atoms with Crippen LogP contribution in [-0.4, -0.2) is 37.8 Å². The van der Waals surface area contributed by atoms with E-state index in [9.17, 15) is 13.2 Å². The molecule has 1 aliphatic rings. The third kappa shape index (κ3) is 3.41. The van der Waals surface area contributed by atoms with Gasteiger partial charge in [-0.1, -0.05) is 15.9 Å². The fourth-order valence-corrected chi connectivity index (χ4v) is 5.13. The van der Waals surface area contributed by atoms with E-state index in [1.54, 1.807) is 18.2 Å². The first-order chi connectivity index (χ1) is 9.30. The average molecular weight is 426 g/mol. The molecule has 0 spiro atoms. The van der Waals surface area contributed by atoms with Crippen LogP contribution in [-0.2, 0) is 14.8 Å². The number of rotatable bonds is 3. The van der Waals surface area contributed by atoms with Crippen molar-refractivity contribution in [3.8, 4) is 0 Å². The highest BCUT2D eigenvalue weighted by molar-refractivity contribution is 9.11. The van der Waals surface area contributed by atoms with E-state index in [1.807, 2.05) is 0 Å². The first kappa shape index (κ1) is 15.9. The number of carbonyl (C=O) groups excluding carboxylic acids is 1. The van der Waals surface area contributed by atoms with Gasteiger partial charge in [-0.2, -0.15) is 4.31 Å². The molecule has 1 fully saturated rings. The maximum atomic E-state index is 12.6. The van der Waals surface area contributed by atoms with Crippen LogP contribution in [0.2, 0.25) is 0 Å². The van der Waals surface area contributed by atoms with E-state index < -0.39 is 10.0 Å². The van der Waals surface area contributed by atoms with Crippen LogP contribution in [0, 0.1) is 0 Å². The number of hydrogen-bond donors (Lipinski definition) is 1. The van der Waals surface area contributed by atoms with Gasteiger partial charge in [0.2, 0.25) is 15.9 Å². The molecule has 1 atom stereocenters. The van der Waals surface area contributed by atoms with Crippen molar-refractivity contribution >= 4 is 47.8 Å². The molecule has 1 unspecified atom stereocenters. The van der Waals surface area contributed by atoms with E-state index in [1.165, 1.54) is 11.2 Å². The summed E-state index contributed by atoms with van der Waals surface area (Å²) in [4.78, 5) is 11.3. The molecule has 1 heterocycles. The van der Waals surface area contributed by atoms with Gasteiger partial charge in [0.05, 0.1) is 4.90 Å². The van der Waals surface area contributed by atoms with Crippen molar-refractivity contribution in [2.24, 2.45) is 0 Å². The van der Waals surface area contributed by atoms with Gasteiger partial charge in [-0.25, -0.2) is 8.42 Å². The molecular formula is C12H14Br2N2O3S. The Morgan fingerprint density at radius 2 is 2.10 bits per heavy atom. The molecular weight excluding hydrogens is 412 g/mol. The SMILES string of the molecule is CC(=O)NC1CCN(S(=O)(=O)c2cc(Br)ccc2Br)C1. The highest BCUT2D eigenvalue weighted by Gasteiger charge is 2.33. The summed E-state index contributed by atoms with van der Waals surface area (Å²) in [7, 11) is -3.56. The molecule has 1 amide bonds. The molecule has 20 heavy (non-hydrogen) atoms. The van der Waals surface area contributed by atoms with Gasteiger partial charge < -0.3 is 5.32 Å². The smallest absolute Gasteiger partial charge is 0.244 e. The summed E-state index contributed by atoms with van der Waals surface area (Å²) >= 11 is 6.55. The third-order valence-electron chi connectivity index (χ3n) is 3.07. The minimum absolute atomic E-state index is 0.117. The molecule has 0 bridgehead atoms. The number of benzene rings is 1. The second kappa shape index (κ2) is 6.13. The van der Waals surface area contributed by atoms with Crippen LogP contribution in [0.5, 0.6) is 0 Å². The normalized spacial score (nSPS) is 20.1. The number of halogens is 2. The number of hydrogen-bond acceptors (Lipinski definition) is 3. The summed E-state index contributed by atoms with van der Waals surface area (Å²) in [6.45, 7) is 2.15. The number of carbonyl (C=O) groups is 1. The van der Waals surface area contributed by atoms with Gasteiger partial charge >= 0.3 is 0 Å². The molecule has 5 nitrogen and oxygen atoms in total. The lowest BCUT2D eigenvalue weighted by atomic mass is 10.3. The molecule has 1 aromatic carbocycles. The summed E-state index contributed by atoms with van der Waals surface area (Å²) in [5.41, 5.74) is 0. The molecule has 0 radical (unpaired) electrons. The molecule has 0 aromatic heterocycles. The maximum Gasteiger partial charge on any atom is 0.244 e. The Kier molecular flexibility index (Phi) is 4.88. The van der Waals surface area contributed by atoms with Crippen molar-refractivity contribution in [1.82, 2.24) is 9.62 Å². The van der Waals surface area contributed by atoms with E-state index in [0.29, 0.717) is 28.5 Å². The van der Waals surface area contributed by atoms with Gasteiger partial charge in [0, 0.05) is 35.0 Å². The Morgan fingerprint density at radius 3 is 2.75 bits per heavy atom. The molecule has 2 rings (SSSR count). The molecule has 8 heteroatoms. The van der Waals surface area contributed by atoms with Gasteiger partial charge in [-0.15, -0.1) is 0 Å². The van der Waals surface area contributed by atoms with Crippen molar-refractivity contribution < 1.29 is 13.2 Å². The predicted octanol–water partition coefficient (Wildman–Crippen LogP) is 2.11. The van der Waals surface area contributed by atoms with Crippen LogP contribution in [0.15, 0.2) is 32.0 Å². The summed E-state index contributed by atoms with van der Waals surface area (Å²) in [5.74, 6) is -0.141. The fraction of sp³-hybridized carbons (Fsp3) is 0.417. The van der Waals surface area contributed by atoms with Crippen LogP contribution in [0.3, 0.4) is 0 Å². The molecule has 1 saturated heterocycles. The molecule has 1 N–H and O–H groups in total. The maximum absolute atomic E-state index is 12.6. The van der Waals surface area contributed by atoms with Gasteiger partial charge in [0.25, 0.3) is 0 Å². The monoisotopic (exact) mass is 424 g/mol. The van der Waals surface area contributed by atoms with Crippen molar-refractivity contribution in [2.45, 2.75) is 24.3 Å². The molecule has 1 aromatic rings. The van der Waals surface area contributed by atoms with Crippen LogP contribution in [0.1, 0.15) is 13.3 Å². The molecule has 0 saturated carbocycles. The Morgan fingerprint density at radius 1 is 1.40 bits per heavy atom. The van der Waals surface area contributed by atoms with E-state index in [0.717, 1.165) is 0 Å². The van der Waals surface area contributed by atoms with Crippen molar-refractivity contribution in [1.29, 1.82) is 0 Å². The summed E-state index contributed by atoms with van der Waals surface area (Å²) < 4.78 is 27.8. The van der Waals surface area contributed by atoms with E-state index in [4.69, 9.17) is 0 Å². The Hall–Kier alpha value is -0.440. The topological polar surface area (TPSA) is 66.5 Å². The second-order valence-electron chi connectivity index (χ2n) is 4.62. The minimum atomic E-state index is -3.56. The second-order valence-corrected chi connectivity index (χ2v) is 8.30. The zero-order chi connectivity index (χ0) is 14.9. The van der Waals surface area contributed by atoms with Gasteiger partial charge in [-0.05, 0) is 40.5 Å². The number of nitrogens with zero attached hydrogens (tertiary/aromatic N) is 1. The van der Waals surface area contributed by atoms with E-state index >= 15 is 0 Å². The summed E-state index contributed by atoms with van der Waals surface area (Å²) in [6.07, 6.45) is 0.629. The first-order valence-electron chi connectivity index (χ1n) is 6.03. The summed E-state index contributed by atoms with van der Waals surface area (Å²) in [5, 5.41) is 2.76. The number of sulfonamides is 1. The Bertz CT molecular complexity index is 634. The highest BCUT2D eigenvalue weighted by Crippen LogP contribution is 2.29. The Balaban J connectivity index is 2.24. The van der Waals surface area contributed by atoms with Crippen molar-refractivity contribution in [3.05, 3.63) is 27.1 Å². The van der Waals surface area contributed by atoms with Crippen LogP contribution >= 0.6 is 31.9 Å². The van der Waals surface area contributed by atoms with Crippen LogP contribution in [0.4, 0.5) is 0 Å². The molecule has 110 valence electrons. The molecule has 1 aliphatic heterocycles. The zero-order valence-corrected chi connectivity index (χ0v) is 14.8. The average Bonchev–Trinajstić information content (AvgIpc) is 2.80. The third-order valence-corrected chi connectivity index (χ3v) is 6.42. The lowest BCUT2D eigenvalue weighted by Crippen LogP contribution is -2.37. The predicted molar refractivity (Wildman–Crippen MR) is 82.8 cm³/mol. The van der Waals surface area contributed by atoms with Crippen LogP contribution < -0.4 is 5.32 Å². The zero-order valence-electron chi connectivity index (χ0n) is 10.8. The lowest BCUT2D eigenvalue weighted by molar-refractivity contribution is -0.119. The fourth-order valence-electron chi connectivity index (χ4n) is 2.17. The van der Waals surface area contributed by atoms with Gasteiger partial charge in [0.15, 0.2) is 0 Å². The lowest BCUT2D eigenvalue weighted by Gasteiger charge is -2.18. The van der Waals surface area contributed by atoms with Crippen molar-refractivity contribution in [3.63, 3.8) is 0 Å². The van der Waals surface area contributed by atoms with Gasteiger partial charge in [-0.3, -0.25) is 4.79 Å². The number of nitrogens with one attached hydrogen (secondary N) is 1. The van der Waals surface area contributed by atoms with Crippen molar-refractivity contribution in [2.75, 3.05) is 13.1 Å². The van der Waals surface area contributed by atoms with E-state index in [2.05, 4.69) is 37.2 Å². The van der Waals surface area contributed by atoms with E-state index in [-0.39, 0.29) is 16.8 Å². The first-order valence-corrected chi connectivity index (χ1v) is 9.05. The largest absolute Gasteiger partial charge is 0.352 e. The summed E-state index contributed by atoms with van der Waals surface area (Å²) in [6, 6.07) is 4.92.